The monoisotopic (exact) mass is 256 g/mol. The van der Waals surface area contributed by atoms with Gasteiger partial charge in [0.25, 0.3) is 5.69 Å². The first-order chi connectivity index (χ1) is 7.95. The Labute approximate surface area is 106 Å². The van der Waals surface area contributed by atoms with Crippen LogP contribution in [0.1, 0.15) is 25.8 Å². The highest BCUT2D eigenvalue weighted by Crippen LogP contribution is 2.25. The minimum atomic E-state index is -0.449. The third-order valence-electron chi connectivity index (χ3n) is 2.98. The second kappa shape index (κ2) is 5.98. The molecule has 0 radical (unpaired) electrons. The zero-order valence-corrected chi connectivity index (χ0v) is 11.1. The summed E-state index contributed by atoms with van der Waals surface area (Å²) in [6.07, 6.45) is 1.05. The summed E-state index contributed by atoms with van der Waals surface area (Å²) >= 11 is 5.76. The molecule has 0 N–H and O–H groups in total. The van der Waals surface area contributed by atoms with Crippen LogP contribution in [0.4, 0.5) is 5.69 Å². The van der Waals surface area contributed by atoms with Crippen molar-refractivity contribution in [2.45, 2.75) is 32.9 Å². The summed E-state index contributed by atoms with van der Waals surface area (Å²) in [6.45, 7) is 4.93. The topological polar surface area (TPSA) is 46.4 Å². The molecule has 1 rings (SSSR count). The van der Waals surface area contributed by atoms with Gasteiger partial charge < -0.3 is 0 Å². The number of nitro benzene ring substituents is 1. The van der Waals surface area contributed by atoms with Gasteiger partial charge in [0, 0.05) is 18.7 Å². The average molecular weight is 257 g/mol. The smallest absolute Gasteiger partial charge is 0.288 e. The van der Waals surface area contributed by atoms with Gasteiger partial charge in [-0.15, -0.1) is 0 Å². The van der Waals surface area contributed by atoms with Gasteiger partial charge in [-0.2, -0.15) is 0 Å². The van der Waals surface area contributed by atoms with Crippen molar-refractivity contribution in [2.24, 2.45) is 0 Å². The van der Waals surface area contributed by atoms with Crippen molar-refractivity contribution in [3.05, 3.63) is 38.9 Å². The molecule has 4 nitrogen and oxygen atoms in total. The predicted octanol–water partition coefficient (Wildman–Crippen LogP) is 3.48. The molecule has 0 aliphatic carbocycles. The van der Waals surface area contributed by atoms with Gasteiger partial charge in [0.2, 0.25) is 0 Å². The van der Waals surface area contributed by atoms with Crippen molar-refractivity contribution in [1.82, 2.24) is 4.90 Å². The van der Waals surface area contributed by atoms with E-state index >= 15 is 0 Å². The molecule has 0 spiro atoms. The normalized spacial score (nSPS) is 12.8. The van der Waals surface area contributed by atoms with Gasteiger partial charge in [0.1, 0.15) is 5.02 Å². The summed E-state index contributed by atoms with van der Waals surface area (Å²) in [5.41, 5.74) is 0.880. The molecule has 94 valence electrons. The van der Waals surface area contributed by atoms with Gasteiger partial charge >= 0.3 is 0 Å². The Bertz CT molecular complexity index is 409. The minimum Gasteiger partial charge on any atom is -0.299 e. The molecule has 1 aromatic rings. The zero-order valence-electron chi connectivity index (χ0n) is 10.3. The molecule has 17 heavy (non-hydrogen) atoms. The Morgan fingerprint density at radius 2 is 2.18 bits per heavy atom. The van der Waals surface area contributed by atoms with Crippen LogP contribution in [0.5, 0.6) is 0 Å². The van der Waals surface area contributed by atoms with Crippen LogP contribution in [0.15, 0.2) is 18.2 Å². The SMILES string of the molecule is CCC(C)N(C)Cc1ccc(Cl)c([N+](=O)[O-])c1. The number of rotatable bonds is 5. The maximum absolute atomic E-state index is 10.8. The van der Waals surface area contributed by atoms with E-state index in [1.165, 1.54) is 0 Å². The Kier molecular flexibility index (Phi) is 4.90. The van der Waals surface area contributed by atoms with Crippen molar-refractivity contribution in [2.75, 3.05) is 7.05 Å². The predicted molar refractivity (Wildman–Crippen MR) is 69.3 cm³/mol. The van der Waals surface area contributed by atoms with E-state index in [0.29, 0.717) is 12.6 Å². The Hall–Kier alpha value is -1.13. The van der Waals surface area contributed by atoms with Crippen LogP contribution in [0.2, 0.25) is 5.02 Å². The van der Waals surface area contributed by atoms with Crippen LogP contribution in [0, 0.1) is 10.1 Å². The number of nitrogens with zero attached hydrogens (tertiary/aromatic N) is 2. The summed E-state index contributed by atoms with van der Waals surface area (Å²) in [7, 11) is 2.01. The molecule has 0 saturated heterocycles. The van der Waals surface area contributed by atoms with E-state index in [-0.39, 0.29) is 10.7 Å². The molecule has 0 aromatic heterocycles. The van der Waals surface area contributed by atoms with Crippen molar-refractivity contribution in [3.63, 3.8) is 0 Å². The average Bonchev–Trinajstić information content (AvgIpc) is 2.30. The molecule has 0 aliphatic rings. The number of hydrogen-bond acceptors (Lipinski definition) is 3. The van der Waals surface area contributed by atoms with Gasteiger partial charge in [-0.05, 0) is 32.0 Å². The second-order valence-corrected chi connectivity index (χ2v) is 4.62. The summed E-state index contributed by atoms with van der Waals surface area (Å²) in [6, 6.07) is 5.40. The highest BCUT2D eigenvalue weighted by atomic mass is 35.5. The molecular weight excluding hydrogens is 240 g/mol. The lowest BCUT2D eigenvalue weighted by Gasteiger charge is -2.23. The highest BCUT2D eigenvalue weighted by Gasteiger charge is 2.14. The highest BCUT2D eigenvalue weighted by molar-refractivity contribution is 6.32. The van der Waals surface area contributed by atoms with Crippen molar-refractivity contribution >= 4 is 17.3 Å². The largest absolute Gasteiger partial charge is 0.299 e. The van der Waals surface area contributed by atoms with Crippen LogP contribution >= 0.6 is 11.6 Å². The van der Waals surface area contributed by atoms with E-state index in [0.717, 1.165) is 12.0 Å². The van der Waals surface area contributed by atoms with E-state index in [1.54, 1.807) is 12.1 Å². The van der Waals surface area contributed by atoms with Gasteiger partial charge in [-0.3, -0.25) is 15.0 Å². The van der Waals surface area contributed by atoms with Crippen molar-refractivity contribution in [3.8, 4) is 0 Å². The Morgan fingerprint density at radius 1 is 1.53 bits per heavy atom. The minimum absolute atomic E-state index is 0.0262. The van der Waals surface area contributed by atoms with Crippen molar-refractivity contribution in [1.29, 1.82) is 0 Å². The number of halogens is 1. The van der Waals surface area contributed by atoms with Gasteiger partial charge in [-0.1, -0.05) is 24.6 Å². The maximum atomic E-state index is 10.8. The molecule has 0 fully saturated rings. The lowest BCUT2D eigenvalue weighted by Crippen LogP contribution is -2.27. The third-order valence-corrected chi connectivity index (χ3v) is 3.30. The molecule has 0 aliphatic heterocycles. The summed E-state index contributed by atoms with van der Waals surface area (Å²) < 4.78 is 0. The molecule has 0 saturated carbocycles. The maximum Gasteiger partial charge on any atom is 0.288 e. The standard InChI is InChI=1S/C12H17ClN2O2/c1-4-9(2)14(3)8-10-5-6-11(13)12(7-10)15(16)17/h5-7,9H,4,8H2,1-3H3. The van der Waals surface area contributed by atoms with Crippen LogP contribution < -0.4 is 0 Å². The quantitative estimate of drug-likeness (QED) is 0.599. The molecule has 1 aromatic carbocycles. The first kappa shape index (κ1) is 13.9. The fourth-order valence-electron chi connectivity index (χ4n) is 1.55. The Morgan fingerprint density at radius 3 is 2.71 bits per heavy atom. The fraction of sp³-hybridized carbons (Fsp3) is 0.500. The van der Waals surface area contributed by atoms with Crippen LogP contribution in [-0.4, -0.2) is 22.9 Å². The van der Waals surface area contributed by atoms with Gasteiger partial charge in [0.05, 0.1) is 4.92 Å². The van der Waals surface area contributed by atoms with E-state index in [1.807, 2.05) is 13.1 Å². The van der Waals surface area contributed by atoms with Crippen LogP contribution in [0.3, 0.4) is 0 Å². The molecule has 0 bridgehead atoms. The van der Waals surface area contributed by atoms with Crippen molar-refractivity contribution < 1.29 is 4.92 Å². The summed E-state index contributed by atoms with van der Waals surface area (Å²) in [4.78, 5) is 12.5. The second-order valence-electron chi connectivity index (χ2n) is 4.22. The first-order valence-electron chi connectivity index (χ1n) is 5.58. The summed E-state index contributed by atoms with van der Waals surface area (Å²) in [5.74, 6) is 0. The molecule has 5 heteroatoms. The van der Waals surface area contributed by atoms with Gasteiger partial charge in [0.15, 0.2) is 0 Å². The van der Waals surface area contributed by atoms with E-state index in [4.69, 9.17) is 11.6 Å². The van der Waals surface area contributed by atoms with Crippen LogP contribution in [0.25, 0.3) is 0 Å². The molecule has 1 unspecified atom stereocenters. The fourth-order valence-corrected chi connectivity index (χ4v) is 1.74. The molecular formula is C12H17ClN2O2. The molecule has 0 amide bonds. The number of nitro groups is 1. The lowest BCUT2D eigenvalue weighted by atomic mass is 10.1. The molecule has 0 heterocycles. The number of benzene rings is 1. The van der Waals surface area contributed by atoms with Gasteiger partial charge in [-0.25, -0.2) is 0 Å². The van der Waals surface area contributed by atoms with E-state index in [9.17, 15) is 10.1 Å². The number of hydrogen-bond donors (Lipinski definition) is 0. The third kappa shape index (κ3) is 3.68. The van der Waals surface area contributed by atoms with E-state index in [2.05, 4.69) is 18.7 Å². The summed E-state index contributed by atoms with van der Waals surface area (Å²) in [5, 5.41) is 10.9. The Balaban J connectivity index is 2.86. The lowest BCUT2D eigenvalue weighted by molar-refractivity contribution is -0.384. The first-order valence-corrected chi connectivity index (χ1v) is 5.96. The zero-order chi connectivity index (χ0) is 13.0. The van der Waals surface area contributed by atoms with Crippen LogP contribution in [-0.2, 0) is 6.54 Å². The van der Waals surface area contributed by atoms with E-state index < -0.39 is 4.92 Å². The molecule has 1 atom stereocenters.